The Bertz CT molecular complexity index is 1470. The van der Waals surface area contributed by atoms with E-state index in [1.54, 1.807) is 6.08 Å². The highest BCUT2D eigenvalue weighted by Gasteiger charge is 2.13. The first-order valence-corrected chi connectivity index (χ1v) is 11.2. The molecule has 0 aliphatic heterocycles. The number of ether oxygens (including phenoxy) is 1. The quantitative estimate of drug-likeness (QED) is 0.352. The Balaban J connectivity index is 1.46. The van der Waals surface area contributed by atoms with Crippen molar-refractivity contribution in [1.29, 1.82) is 0 Å². The van der Waals surface area contributed by atoms with Crippen LogP contribution in [-0.4, -0.2) is 21.2 Å². The van der Waals surface area contributed by atoms with Gasteiger partial charge in [0.2, 0.25) is 4.96 Å². The Morgan fingerprint density at radius 1 is 1.06 bits per heavy atom. The van der Waals surface area contributed by atoms with Crippen molar-refractivity contribution in [2.75, 3.05) is 6.61 Å². The first kappa shape index (κ1) is 19.7. The summed E-state index contributed by atoms with van der Waals surface area (Å²) < 4.78 is 14.2. The molecular weight excluding hydrogens is 478 g/mol. The molecule has 3 heterocycles. The molecule has 154 valence electrons. The van der Waals surface area contributed by atoms with Crippen LogP contribution in [-0.2, 0) is 0 Å². The van der Waals surface area contributed by atoms with Crippen molar-refractivity contribution in [1.82, 2.24) is 14.6 Å². The molecule has 0 fully saturated rings. The van der Waals surface area contributed by atoms with Gasteiger partial charge in [-0.2, -0.15) is 9.50 Å². The van der Waals surface area contributed by atoms with Crippen LogP contribution in [0.1, 0.15) is 12.7 Å². The predicted octanol–water partition coefficient (Wildman–Crippen LogP) is 4.79. The van der Waals surface area contributed by atoms with E-state index in [-0.39, 0.29) is 5.56 Å². The van der Waals surface area contributed by atoms with Gasteiger partial charge in [0.25, 0.3) is 5.56 Å². The molecular formula is C23H16BrN3O3S. The first-order chi connectivity index (χ1) is 15.1. The van der Waals surface area contributed by atoms with Crippen LogP contribution in [0.15, 0.2) is 74.3 Å². The van der Waals surface area contributed by atoms with Crippen LogP contribution in [0, 0.1) is 0 Å². The van der Waals surface area contributed by atoms with Gasteiger partial charge in [-0.3, -0.25) is 4.79 Å². The van der Waals surface area contributed by atoms with Crippen LogP contribution >= 0.6 is 27.3 Å². The normalized spacial score (nSPS) is 12.0. The lowest BCUT2D eigenvalue weighted by Crippen LogP contribution is -2.23. The summed E-state index contributed by atoms with van der Waals surface area (Å²) >= 11 is 4.71. The highest BCUT2D eigenvalue weighted by Crippen LogP contribution is 2.24. The maximum atomic E-state index is 12.8. The summed E-state index contributed by atoms with van der Waals surface area (Å²) in [5, 5.41) is 4.39. The second-order valence-electron chi connectivity index (χ2n) is 6.71. The first-order valence-electron chi connectivity index (χ1n) is 9.61. The zero-order chi connectivity index (χ0) is 21.4. The number of thiazole rings is 1. The van der Waals surface area contributed by atoms with Crippen LogP contribution in [0.4, 0.5) is 0 Å². The Hall–Kier alpha value is -3.23. The van der Waals surface area contributed by atoms with Crippen LogP contribution in [0.5, 0.6) is 5.75 Å². The maximum absolute atomic E-state index is 12.8. The summed E-state index contributed by atoms with van der Waals surface area (Å²) in [5.74, 6) is 2.64. The number of furan rings is 1. The lowest BCUT2D eigenvalue weighted by Gasteiger charge is -2.02. The van der Waals surface area contributed by atoms with E-state index in [0.717, 1.165) is 27.1 Å². The van der Waals surface area contributed by atoms with Crippen molar-refractivity contribution in [3.63, 3.8) is 0 Å². The van der Waals surface area contributed by atoms with Gasteiger partial charge in [0.05, 0.1) is 6.61 Å². The second kappa shape index (κ2) is 8.13. The molecule has 0 radical (unpaired) electrons. The zero-order valence-corrected chi connectivity index (χ0v) is 18.8. The molecule has 0 aliphatic rings. The third kappa shape index (κ3) is 3.92. The van der Waals surface area contributed by atoms with Gasteiger partial charge in [-0.1, -0.05) is 39.4 Å². The molecule has 6 nitrogen and oxygen atoms in total. The van der Waals surface area contributed by atoms with E-state index in [0.29, 0.717) is 27.7 Å². The number of aromatic nitrogens is 3. The van der Waals surface area contributed by atoms with E-state index in [9.17, 15) is 4.79 Å². The molecule has 2 aromatic carbocycles. The molecule has 3 aromatic heterocycles. The molecule has 0 saturated heterocycles. The third-order valence-corrected chi connectivity index (χ3v) is 6.12. The number of fused-ring (bicyclic) bond motifs is 1. The Kier molecular flexibility index (Phi) is 5.17. The predicted molar refractivity (Wildman–Crippen MR) is 124 cm³/mol. The van der Waals surface area contributed by atoms with E-state index in [2.05, 4.69) is 26.0 Å². The fourth-order valence-corrected chi connectivity index (χ4v) is 4.30. The lowest BCUT2D eigenvalue weighted by molar-refractivity contribution is 0.340. The molecule has 8 heteroatoms. The van der Waals surface area contributed by atoms with Crippen LogP contribution < -0.4 is 14.8 Å². The topological polar surface area (TPSA) is 69.6 Å². The van der Waals surface area contributed by atoms with Gasteiger partial charge in [0, 0.05) is 21.7 Å². The van der Waals surface area contributed by atoms with Crippen LogP contribution in [0.2, 0.25) is 0 Å². The highest BCUT2D eigenvalue weighted by molar-refractivity contribution is 9.10. The minimum atomic E-state index is -0.216. The molecule has 0 amide bonds. The van der Waals surface area contributed by atoms with E-state index in [4.69, 9.17) is 9.15 Å². The molecule has 0 saturated carbocycles. The third-order valence-electron chi connectivity index (χ3n) is 4.63. The second-order valence-corrected chi connectivity index (χ2v) is 8.64. The highest BCUT2D eigenvalue weighted by atomic mass is 79.9. The molecule has 0 spiro atoms. The average molecular weight is 494 g/mol. The van der Waals surface area contributed by atoms with Crippen molar-refractivity contribution in [2.45, 2.75) is 6.92 Å². The minimum Gasteiger partial charge on any atom is -0.494 e. The summed E-state index contributed by atoms with van der Waals surface area (Å²) in [7, 11) is 0. The number of rotatable bonds is 5. The van der Waals surface area contributed by atoms with Crippen molar-refractivity contribution in [3.05, 3.63) is 85.8 Å². The van der Waals surface area contributed by atoms with Crippen molar-refractivity contribution in [3.8, 4) is 28.5 Å². The molecule has 31 heavy (non-hydrogen) atoms. The smallest absolute Gasteiger partial charge is 0.291 e. The Labute approximate surface area is 189 Å². The summed E-state index contributed by atoms with van der Waals surface area (Å²) in [6, 6.07) is 19.1. The molecule has 5 aromatic rings. The lowest BCUT2D eigenvalue weighted by atomic mass is 10.2. The van der Waals surface area contributed by atoms with Gasteiger partial charge < -0.3 is 9.15 Å². The number of halogens is 1. The Morgan fingerprint density at radius 3 is 2.52 bits per heavy atom. The monoisotopic (exact) mass is 493 g/mol. The van der Waals surface area contributed by atoms with E-state index < -0.39 is 0 Å². The van der Waals surface area contributed by atoms with E-state index >= 15 is 0 Å². The van der Waals surface area contributed by atoms with Gasteiger partial charge in [-0.25, -0.2) is 0 Å². The summed E-state index contributed by atoms with van der Waals surface area (Å²) in [6.45, 7) is 2.55. The van der Waals surface area contributed by atoms with Crippen LogP contribution in [0.3, 0.4) is 0 Å². The van der Waals surface area contributed by atoms with Crippen molar-refractivity contribution >= 4 is 38.3 Å². The minimum absolute atomic E-state index is 0.216. The molecule has 0 unspecified atom stereocenters. The average Bonchev–Trinajstić information content (AvgIpc) is 3.47. The van der Waals surface area contributed by atoms with Crippen molar-refractivity contribution < 1.29 is 9.15 Å². The standard InChI is InChI=1S/C23H16BrN3O3S/c1-2-29-17-9-5-15(6-10-17)21-25-23-27(26-21)22(28)20(31-23)13-18-11-12-19(30-18)14-3-7-16(24)8-4-14/h3-13H,2H2,1H3/b20-13-. The SMILES string of the molecule is CCOc1ccc(-c2nc3s/c(=C\c4ccc(-c5ccc(Br)cc5)o4)c(=O)n3n2)cc1. The number of hydrogen-bond donors (Lipinski definition) is 0. The number of benzene rings is 2. The fraction of sp³-hybridized carbons (Fsp3) is 0.0870. The van der Waals surface area contributed by atoms with E-state index in [1.807, 2.05) is 67.6 Å². The van der Waals surface area contributed by atoms with Gasteiger partial charge in [0.1, 0.15) is 21.8 Å². The summed E-state index contributed by atoms with van der Waals surface area (Å²) in [6.07, 6.45) is 1.72. The Morgan fingerprint density at radius 2 is 1.81 bits per heavy atom. The largest absolute Gasteiger partial charge is 0.494 e. The zero-order valence-electron chi connectivity index (χ0n) is 16.4. The van der Waals surface area contributed by atoms with Gasteiger partial charge in [-0.05, 0) is 55.5 Å². The van der Waals surface area contributed by atoms with Gasteiger partial charge in [-0.15, -0.1) is 5.10 Å². The van der Waals surface area contributed by atoms with Gasteiger partial charge in [0.15, 0.2) is 5.82 Å². The van der Waals surface area contributed by atoms with Gasteiger partial charge >= 0.3 is 0 Å². The maximum Gasteiger partial charge on any atom is 0.291 e. The number of nitrogens with zero attached hydrogens (tertiary/aromatic N) is 3. The molecule has 5 rings (SSSR count). The van der Waals surface area contributed by atoms with E-state index in [1.165, 1.54) is 15.9 Å². The van der Waals surface area contributed by atoms with Crippen LogP contribution in [0.25, 0.3) is 33.7 Å². The number of hydrogen-bond acceptors (Lipinski definition) is 6. The molecule has 0 aliphatic carbocycles. The molecule has 0 N–H and O–H groups in total. The van der Waals surface area contributed by atoms with Crippen molar-refractivity contribution in [2.24, 2.45) is 0 Å². The fourth-order valence-electron chi connectivity index (χ4n) is 3.15. The molecule has 0 atom stereocenters. The summed E-state index contributed by atoms with van der Waals surface area (Å²) in [4.78, 5) is 17.9. The molecule has 0 bridgehead atoms. The summed E-state index contributed by atoms with van der Waals surface area (Å²) in [5.41, 5.74) is 1.58.